The van der Waals surface area contributed by atoms with E-state index in [4.69, 9.17) is 0 Å². The molecule has 0 saturated carbocycles. The second-order valence-corrected chi connectivity index (χ2v) is 14.0. The zero-order valence-corrected chi connectivity index (χ0v) is 25.4. The molecule has 0 bridgehead atoms. The quantitative estimate of drug-likeness (QED) is 0.196. The largest absolute Gasteiger partial charge is 0.135 e. The van der Waals surface area contributed by atoms with Gasteiger partial charge in [-0.3, -0.25) is 0 Å². The van der Waals surface area contributed by atoms with Gasteiger partial charge in [-0.15, -0.1) is 11.3 Å². The van der Waals surface area contributed by atoms with Crippen molar-refractivity contribution in [3.05, 3.63) is 145 Å². The van der Waals surface area contributed by atoms with E-state index >= 15 is 0 Å². The molecule has 0 saturated heterocycles. The molecule has 2 aliphatic carbocycles. The van der Waals surface area contributed by atoms with Crippen LogP contribution in [-0.4, -0.2) is 0 Å². The van der Waals surface area contributed by atoms with Gasteiger partial charge in [-0.1, -0.05) is 123 Å². The monoisotopic (exact) mass is 576 g/mol. The van der Waals surface area contributed by atoms with Gasteiger partial charge in [0.05, 0.1) is 0 Å². The van der Waals surface area contributed by atoms with Gasteiger partial charge < -0.3 is 0 Å². The topological polar surface area (TPSA) is 0 Å². The highest BCUT2D eigenvalue weighted by Crippen LogP contribution is 2.60. The van der Waals surface area contributed by atoms with Crippen molar-refractivity contribution in [1.82, 2.24) is 0 Å². The van der Waals surface area contributed by atoms with Gasteiger partial charge in [0.1, 0.15) is 0 Å². The molecule has 0 aliphatic heterocycles. The molecule has 7 aromatic carbocycles. The molecule has 0 N–H and O–H groups in total. The van der Waals surface area contributed by atoms with E-state index in [9.17, 15) is 0 Å². The van der Waals surface area contributed by atoms with E-state index in [1.165, 1.54) is 97.7 Å². The first-order valence-electron chi connectivity index (χ1n) is 15.4. The van der Waals surface area contributed by atoms with Crippen molar-refractivity contribution in [1.29, 1.82) is 0 Å². The lowest BCUT2D eigenvalue weighted by atomic mass is 9.80. The third-order valence-electron chi connectivity index (χ3n) is 10.2. The van der Waals surface area contributed by atoms with Gasteiger partial charge in [-0.25, -0.2) is 0 Å². The summed E-state index contributed by atoms with van der Waals surface area (Å²) in [7, 11) is 0. The predicted molar refractivity (Wildman–Crippen MR) is 190 cm³/mol. The number of rotatable bonds is 3. The van der Waals surface area contributed by atoms with E-state index in [-0.39, 0.29) is 5.41 Å². The molecule has 1 aromatic heterocycles. The van der Waals surface area contributed by atoms with E-state index in [1.807, 2.05) is 11.3 Å². The minimum Gasteiger partial charge on any atom is -0.135 e. The van der Waals surface area contributed by atoms with Crippen molar-refractivity contribution in [2.24, 2.45) is 0 Å². The van der Waals surface area contributed by atoms with Crippen LogP contribution in [0.25, 0.3) is 86.6 Å². The standard InChI is InChI=1S/C43H28S/c1-43(2)34-18-8-16-30-31-17-9-19-36-39(31)42-37(44-36)24-33(32-20-21-35(43)41(38(30)34)40(32)42)29-15-7-14-28(23-29)27-13-6-12-26(22-27)25-10-4-3-5-11-25/h3-24H,1-2H3. The highest BCUT2D eigenvalue weighted by molar-refractivity contribution is 7.26. The summed E-state index contributed by atoms with van der Waals surface area (Å²) in [6, 6.07) is 49.9. The average molecular weight is 577 g/mol. The van der Waals surface area contributed by atoms with Gasteiger partial charge in [0.15, 0.2) is 0 Å². The third-order valence-corrected chi connectivity index (χ3v) is 11.3. The first kappa shape index (κ1) is 24.5. The molecule has 0 fully saturated rings. The summed E-state index contributed by atoms with van der Waals surface area (Å²) in [6.07, 6.45) is 0. The van der Waals surface area contributed by atoms with Gasteiger partial charge in [-0.2, -0.15) is 0 Å². The lowest BCUT2D eigenvalue weighted by Crippen LogP contribution is -2.14. The van der Waals surface area contributed by atoms with E-state index in [0.29, 0.717) is 0 Å². The van der Waals surface area contributed by atoms with Crippen LogP contribution < -0.4 is 0 Å². The van der Waals surface area contributed by atoms with Crippen LogP contribution in [0.2, 0.25) is 0 Å². The van der Waals surface area contributed by atoms with Crippen LogP contribution in [0.5, 0.6) is 0 Å². The molecule has 1 heterocycles. The zero-order chi connectivity index (χ0) is 29.2. The Kier molecular flexibility index (Phi) is 4.76. The van der Waals surface area contributed by atoms with Crippen molar-refractivity contribution in [3.63, 3.8) is 0 Å². The summed E-state index contributed by atoms with van der Waals surface area (Å²) in [6.45, 7) is 4.80. The van der Waals surface area contributed by atoms with Crippen LogP contribution in [0, 0.1) is 0 Å². The SMILES string of the molecule is CC1(C)c2cccc3c2-c2c1ccc1c(-c4cccc(-c5cccc(-c6ccccc6)c5)c4)cc4sc5cccc-3c5c4c21. The Hall–Kier alpha value is -4.98. The summed E-state index contributed by atoms with van der Waals surface area (Å²) in [4.78, 5) is 0. The maximum Gasteiger partial charge on any atom is 0.0368 e. The molecule has 2 aliphatic rings. The van der Waals surface area contributed by atoms with E-state index < -0.39 is 0 Å². The molecule has 8 aromatic rings. The maximum absolute atomic E-state index is 2.47. The van der Waals surface area contributed by atoms with Crippen LogP contribution in [0.1, 0.15) is 25.0 Å². The summed E-state index contributed by atoms with van der Waals surface area (Å²) in [5, 5.41) is 5.63. The van der Waals surface area contributed by atoms with Crippen LogP contribution in [0.4, 0.5) is 0 Å². The van der Waals surface area contributed by atoms with Crippen LogP contribution in [-0.2, 0) is 5.41 Å². The Balaban J connectivity index is 1.27. The minimum atomic E-state index is -0.0394. The van der Waals surface area contributed by atoms with Gasteiger partial charge in [-0.05, 0) is 102 Å². The molecule has 0 spiro atoms. The third kappa shape index (κ3) is 3.12. The molecule has 0 unspecified atom stereocenters. The number of hydrogen-bond acceptors (Lipinski definition) is 1. The van der Waals surface area contributed by atoms with Gasteiger partial charge in [0.25, 0.3) is 0 Å². The van der Waals surface area contributed by atoms with Crippen molar-refractivity contribution < 1.29 is 0 Å². The van der Waals surface area contributed by atoms with Gasteiger partial charge in [0, 0.05) is 25.6 Å². The van der Waals surface area contributed by atoms with E-state index in [1.54, 1.807) is 0 Å². The molecular weight excluding hydrogens is 549 g/mol. The average Bonchev–Trinajstić information content (AvgIpc) is 3.52. The summed E-state index contributed by atoms with van der Waals surface area (Å²) in [5.74, 6) is 0. The fourth-order valence-corrected chi connectivity index (χ4v) is 9.32. The zero-order valence-electron chi connectivity index (χ0n) is 24.6. The molecule has 1 heteroatoms. The van der Waals surface area contributed by atoms with Crippen molar-refractivity contribution >= 4 is 42.3 Å². The molecule has 0 amide bonds. The number of hydrogen-bond donors (Lipinski definition) is 0. The van der Waals surface area contributed by atoms with Gasteiger partial charge in [0.2, 0.25) is 0 Å². The molecular formula is C43H28S. The normalized spacial score (nSPS) is 13.9. The lowest BCUT2D eigenvalue weighted by molar-refractivity contribution is 0.661. The Morgan fingerprint density at radius 1 is 0.409 bits per heavy atom. The number of thiophene rings is 1. The highest BCUT2D eigenvalue weighted by Gasteiger charge is 2.40. The second kappa shape index (κ2) is 8.56. The van der Waals surface area contributed by atoms with Crippen LogP contribution in [0.15, 0.2) is 133 Å². The fourth-order valence-electron chi connectivity index (χ4n) is 8.14. The van der Waals surface area contributed by atoms with E-state index in [0.717, 1.165) is 0 Å². The first-order valence-corrected chi connectivity index (χ1v) is 16.3. The summed E-state index contributed by atoms with van der Waals surface area (Å²) < 4.78 is 2.75. The highest BCUT2D eigenvalue weighted by atomic mass is 32.1. The molecule has 10 rings (SSSR count). The van der Waals surface area contributed by atoms with E-state index in [2.05, 4.69) is 147 Å². The Bertz CT molecular complexity index is 2510. The Labute approximate surface area is 260 Å². The minimum absolute atomic E-state index is 0.0394. The summed E-state index contributed by atoms with van der Waals surface area (Å²) >= 11 is 1.94. The van der Waals surface area contributed by atoms with Crippen molar-refractivity contribution in [2.45, 2.75) is 19.3 Å². The number of benzene rings is 7. The molecule has 0 nitrogen and oxygen atoms in total. The molecule has 0 atom stereocenters. The molecule has 0 radical (unpaired) electrons. The van der Waals surface area contributed by atoms with Crippen LogP contribution in [0.3, 0.4) is 0 Å². The van der Waals surface area contributed by atoms with Crippen LogP contribution >= 0.6 is 11.3 Å². The Morgan fingerprint density at radius 2 is 1.05 bits per heavy atom. The predicted octanol–water partition coefficient (Wildman–Crippen LogP) is 12.5. The van der Waals surface area contributed by atoms with Crippen molar-refractivity contribution in [2.75, 3.05) is 0 Å². The molecule has 44 heavy (non-hydrogen) atoms. The molecule has 206 valence electrons. The maximum atomic E-state index is 2.47. The lowest BCUT2D eigenvalue weighted by Gasteiger charge is -2.22. The smallest absolute Gasteiger partial charge is 0.0368 e. The van der Waals surface area contributed by atoms with Gasteiger partial charge >= 0.3 is 0 Å². The fraction of sp³-hybridized carbons (Fsp3) is 0.0698. The Morgan fingerprint density at radius 3 is 1.86 bits per heavy atom. The summed E-state index contributed by atoms with van der Waals surface area (Å²) in [5.41, 5.74) is 16.1. The first-order chi connectivity index (χ1) is 21.6. The number of fused-ring (bicyclic) bond motifs is 1. The van der Waals surface area contributed by atoms with Crippen molar-refractivity contribution in [3.8, 4) is 55.6 Å². The second-order valence-electron chi connectivity index (χ2n) is 12.9.